The zero-order chi connectivity index (χ0) is 15.0. The van der Waals surface area contributed by atoms with Gasteiger partial charge in [0.25, 0.3) is 5.91 Å². The van der Waals surface area contributed by atoms with E-state index < -0.39 is 11.9 Å². The summed E-state index contributed by atoms with van der Waals surface area (Å²) in [6.45, 7) is 2.42. The van der Waals surface area contributed by atoms with Crippen molar-refractivity contribution in [3.63, 3.8) is 0 Å². The summed E-state index contributed by atoms with van der Waals surface area (Å²) < 4.78 is 10.3. The number of furan rings is 1. The summed E-state index contributed by atoms with van der Waals surface area (Å²) in [5.41, 5.74) is 0.152. The number of hydrogen-bond acceptors (Lipinski definition) is 5. The van der Waals surface area contributed by atoms with Gasteiger partial charge in [-0.1, -0.05) is 12.1 Å². The first kappa shape index (κ1) is 13.4. The minimum absolute atomic E-state index is 0.0807. The topological polar surface area (TPSA) is 96.8 Å². The van der Waals surface area contributed by atoms with Crippen LogP contribution >= 0.6 is 0 Å². The number of carboxylic acid groups (broad SMARTS) is 1. The summed E-state index contributed by atoms with van der Waals surface area (Å²) in [4.78, 5) is 24.9. The van der Waals surface area contributed by atoms with Crippen LogP contribution in [0.2, 0.25) is 0 Å². The minimum atomic E-state index is -0.880. The smallest absolute Gasteiger partial charge is 0.308 e. The van der Waals surface area contributed by atoms with Gasteiger partial charge in [0.1, 0.15) is 0 Å². The van der Waals surface area contributed by atoms with Gasteiger partial charge in [-0.25, -0.2) is 0 Å². The predicted molar refractivity (Wildman–Crippen MR) is 70.4 cm³/mol. The molecule has 1 aliphatic rings. The van der Waals surface area contributed by atoms with Crippen molar-refractivity contribution < 1.29 is 23.6 Å². The molecule has 2 aromatic rings. The van der Waals surface area contributed by atoms with Crippen LogP contribution in [0.1, 0.15) is 17.4 Å². The van der Waals surface area contributed by atoms with Gasteiger partial charge in [0.2, 0.25) is 5.76 Å². The molecule has 1 saturated heterocycles. The second-order valence-electron chi connectivity index (χ2n) is 5.19. The van der Waals surface area contributed by atoms with Crippen LogP contribution in [0.15, 0.2) is 33.4 Å². The monoisotopic (exact) mass is 290 g/mol. The molecular formula is C14H14N2O5. The molecule has 1 fully saturated rings. The van der Waals surface area contributed by atoms with E-state index in [0.29, 0.717) is 18.1 Å². The van der Waals surface area contributed by atoms with E-state index in [9.17, 15) is 9.59 Å². The summed E-state index contributed by atoms with van der Waals surface area (Å²) in [5, 5.41) is 12.8. The number of carboxylic acids is 1. The average Bonchev–Trinajstić information content (AvgIpc) is 3.17. The zero-order valence-electron chi connectivity index (χ0n) is 11.4. The Hall–Kier alpha value is -2.57. The lowest BCUT2D eigenvalue weighted by atomic mass is 9.99. The van der Waals surface area contributed by atoms with E-state index in [0.717, 1.165) is 0 Å². The van der Waals surface area contributed by atoms with Crippen LogP contribution in [0, 0.1) is 11.8 Å². The van der Waals surface area contributed by atoms with E-state index >= 15 is 0 Å². The summed E-state index contributed by atoms with van der Waals surface area (Å²) >= 11 is 0. The molecule has 2 atom stereocenters. The van der Waals surface area contributed by atoms with Crippen molar-refractivity contribution >= 4 is 11.9 Å². The lowest BCUT2D eigenvalue weighted by Crippen LogP contribution is -2.30. The first-order chi connectivity index (χ1) is 10.1. The number of nitrogens with zero attached hydrogens (tertiary/aromatic N) is 2. The number of rotatable bonds is 3. The molecule has 1 amide bonds. The van der Waals surface area contributed by atoms with Gasteiger partial charge in [-0.05, 0) is 18.1 Å². The fourth-order valence-corrected chi connectivity index (χ4v) is 2.53. The molecule has 1 N–H and O–H groups in total. The standard InChI is InChI=1S/C14H14N2O5/c1-8-6-16(7-9(8)14(18)19)13(17)10-5-12(21-15-10)11-3-2-4-20-11/h2-5,8-9H,6-7H2,1H3,(H,18,19)/t8-,9-/m1/s1. The first-order valence-electron chi connectivity index (χ1n) is 6.59. The Morgan fingerprint density at radius 1 is 1.38 bits per heavy atom. The lowest BCUT2D eigenvalue weighted by molar-refractivity contribution is -0.142. The summed E-state index contributed by atoms with van der Waals surface area (Å²) in [6, 6.07) is 4.91. The quantitative estimate of drug-likeness (QED) is 0.924. The maximum Gasteiger partial charge on any atom is 0.308 e. The molecule has 21 heavy (non-hydrogen) atoms. The molecule has 0 unspecified atom stereocenters. The third-order valence-electron chi connectivity index (χ3n) is 3.71. The van der Waals surface area contributed by atoms with E-state index in [1.807, 2.05) is 6.92 Å². The van der Waals surface area contributed by atoms with Crippen molar-refractivity contribution in [2.24, 2.45) is 11.8 Å². The highest BCUT2D eigenvalue weighted by molar-refractivity contribution is 5.93. The highest BCUT2D eigenvalue weighted by Gasteiger charge is 2.38. The van der Waals surface area contributed by atoms with Crippen molar-refractivity contribution in [3.8, 4) is 11.5 Å². The van der Waals surface area contributed by atoms with E-state index in [4.69, 9.17) is 14.0 Å². The molecule has 7 heteroatoms. The SMILES string of the molecule is C[C@@H]1CN(C(=O)c2cc(-c3ccco3)on2)C[C@H]1C(=O)O. The van der Waals surface area contributed by atoms with Gasteiger partial charge in [-0.3, -0.25) is 9.59 Å². The number of hydrogen-bond donors (Lipinski definition) is 1. The molecule has 7 nitrogen and oxygen atoms in total. The maximum atomic E-state index is 12.3. The van der Waals surface area contributed by atoms with Crippen LogP contribution in [0.5, 0.6) is 0 Å². The Kier molecular flexibility index (Phi) is 3.25. The fourth-order valence-electron chi connectivity index (χ4n) is 2.53. The lowest BCUT2D eigenvalue weighted by Gasteiger charge is -2.13. The molecule has 0 aromatic carbocycles. The maximum absolute atomic E-state index is 12.3. The summed E-state index contributed by atoms with van der Waals surface area (Å²) in [6.07, 6.45) is 1.50. The fraction of sp³-hybridized carbons (Fsp3) is 0.357. The summed E-state index contributed by atoms with van der Waals surface area (Å²) in [7, 11) is 0. The highest BCUT2D eigenvalue weighted by Crippen LogP contribution is 2.26. The number of aliphatic carboxylic acids is 1. The Morgan fingerprint density at radius 2 is 2.19 bits per heavy atom. The van der Waals surface area contributed by atoms with Crippen LogP contribution in [-0.2, 0) is 4.79 Å². The molecule has 0 bridgehead atoms. The normalized spacial score (nSPS) is 21.7. The Bertz CT molecular complexity index is 661. The first-order valence-corrected chi connectivity index (χ1v) is 6.59. The van der Waals surface area contributed by atoms with E-state index in [1.165, 1.54) is 17.2 Å². The van der Waals surface area contributed by atoms with Crippen molar-refractivity contribution in [1.29, 1.82) is 0 Å². The molecule has 0 spiro atoms. The van der Waals surface area contributed by atoms with Crippen molar-refractivity contribution in [2.75, 3.05) is 13.1 Å². The molecule has 3 heterocycles. The van der Waals surface area contributed by atoms with Gasteiger partial charge < -0.3 is 18.9 Å². The van der Waals surface area contributed by atoms with Gasteiger partial charge >= 0.3 is 5.97 Å². The van der Waals surface area contributed by atoms with Crippen LogP contribution in [0.25, 0.3) is 11.5 Å². The largest absolute Gasteiger partial charge is 0.481 e. The Balaban J connectivity index is 1.76. The van der Waals surface area contributed by atoms with Gasteiger partial charge in [-0.2, -0.15) is 0 Å². The Labute approximate surface area is 120 Å². The number of amides is 1. The molecule has 0 saturated carbocycles. The number of likely N-dealkylation sites (tertiary alicyclic amines) is 1. The van der Waals surface area contributed by atoms with Gasteiger partial charge in [-0.15, -0.1) is 0 Å². The second-order valence-corrected chi connectivity index (χ2v) is 5.19. The van der Waals surface area contributed by atoms with Crippen LogP contribution in [0.4, 0.5) is 0 Å². The number of carbonyl (C=O) groups is 2. The molecule has 110 valence electrons. The molecular weight excluding hydrogens is 276 g/mol. The van der Waals surface area contributed by atoms with Crippen molar-refractivity contribution in [2.45, 2.75) is 6.92 Å². The van der Waals surface area contributed by atoms with Crippen LogP contribution < -0.4 is 0 Å². The third kappa shape index (κ3) is 2.42. The molecule has 0 aliphatic carbocycles. The van der Waals surface area contributed by atoms with Gasteiger partial charge in [0.15, 0.2) is 11.5 Å². The molecule has 1 aliphatic heterocycles. The van der Waals surface area contributed by atoms with Crippen molar-refractivity contribution in [3.05, 3.63) is 30.2 Å². The average molecular weight is 290 g/mol. The van der Waals surface area contributed by atoms with E-state index in [2.05, 4.69) is 5.16 Å². The van der Waals surface area contributed by atoms with E-state index in [-0.39, 0.29) is 24.1 Å². The highest BCUT2D eigenvalue weighted by atomic mass is 16.5. The molecule has 3 rings (SSSR count). The molecule has 0 radical (unpaired) electrons. The van der Waals surface area contributed by atoms with Crippen LogP contribution in [-0.4, -0.2) is 40.1 Å². The zero-order valence-corrected chi connectivity index (χ0v) is 11.4. The Morgan fingerprint density at radius 3 is 2.81 bits per heavy atom. The summed E-state index contributed by atoms with van der Waals surface area (Å²) in [5.74, 6) is -0.972. The van der Waals surface area contributed by atoms with Gasteiger partial charge in [0.05, 0.1) is 12.2 Å². The van der Waals surface area contributed by atoms with Gasteiger partial charge in [0, 0.05) is 19.2 Å². The number of carbonyl (C=O) groups excluding carboxylic acids is 1. The number of aromatic nitrogens is 1. The van der Waals surface area contributed by atoms with E-state index in [1.54, 1.807) is 12.1 Å². The van der Waals surface area contributed by atoms with Crippen molar-refractivity contribution in [1.82, 2.24) is 10.1 Å². The second kappa shape index (κ2) is 5.08. The minimum Gasteiger partial charge on any atom is -0.481 e. The predicted octanol–water partition coefficient (Wildman–Crippen LogP) is 1.73. The third-order valence-corrected chi connectivity index (χ3v) is 3.71. The van der Waals surface area contributed by atoms with Crippen LogP contribution in [0.3, 0.4) is 0 Å². The molecule has 2 aromatic heterocycles.